The molecular weight excluding hydrogens is 212 g/mol. The lowest BCUT2D eigenvalue weighted by molar-refractivity contribution is 0.494. The smallest absolute Gasteiger partial charge is 0.282 e. The van der Waals surface area contributed by atoms with Gasteiger partial charge in [-0.25, -0.2) is 0 Å². The highest BCUT2D eigenvalue weighted by Crippen LogP contribution is 2.12. The molecular formula is C8H7ClO3S. The summed E-state index contributed by atoms with van der Waals surface area (Å²) in [5.41, 5.74) is 0.616. The van der Waals surface area contributed by atoms with Crippen LogP contribution in [0.15, 0.2) is 29.7 Å². The monoisotopic (exact) mass is 218 g/mol. The van der Waals surface area contributed by atoms with Crippen molar-refractivity contribution in [2.45, 2.75) is 0 Å². The normalized spacial score (nSPS) is 12.2. The molecule has 0 fully saturated rings. The molecule has 13 heavy (non-hydrogen) atoms. The Bertz CT molecular complexity index is 423. The summed E-state index contributed by atoms with van der Waals surface area (Å²) in [6, 6.07) is 6.62. The summed E-state index contributed by atoms with van der Waals surface area (Å²) >= 11 is 5.65. The fourth-order valence-electron chi connectivity index (χ4n) is 0.775. The Kier molecular flexibility index (Phi) is 3.08. The summed E-state index contributed by atoms with van der Waals surface area (Å²) in [5.74, 6) is 0. The van der Waals surface area contributed by atoms with Gasteiger partial charge in [0.05, 0.1) is 5.41 Å². The van der Waals surface area contributed by atoms with Crippen LogP contribution >= 0.6 is 11.6 Å². The molecule has 1 aromatic carbocycles. The third-order valence-corrected chi connectivity index (χ3v) is 2.00. The number of halogens is 1. The molecule has 1 aromatic rings. The predicted octanol–water partition coefficient (Wildman–Crippen LogP) is 2.20. The fraction of sp³-hybridized carbons (Fsp3) is 0. The van der Waals surface area contributed by atoms with Crippen LogP contribution < -0.4 is 0 Å². The molecule has 0 aliphatic rings. The van der Waals surface area contributed by atoms with Crippen molar-refractivity contribution in [3.8, 4) is 0 Å². The molecule has 0 aliphatic heterocycles. The molecule has 0 amide bonds. The van der Waals surface area contributed by atoms with Crippen LogP contribution in [0.1, 0.15) is 5.56 Å². The van der Waals surface area contributed by atoms with E-state index in [0.717, 1.165) is 0 Å². The topological polar surface area (TPSA) is 54.4 Å². The van der Waals surface area contributed by atoms with Gasteiger partial charge in [-0.15, -0.1) is 0 Å². The van der Waals surface area contributed by atoms with Crippen LogP contribution in [0.2, 0.25) is 5.02 Å². The van der Waals surface area contributed by atoms with Crippen LogP contribution in [0.4, 0.5) is 0 Å². The van der Waals surface area contributed by atoms with E-state index in [9.17, 15) is 8.42 Å². The summed E-state index contributed by atoms with van der Waals surface area (Å²) in [6.45, 7) is 0. The summed E-state index contributed by atoms with van der Waals surface area (Å²) in [5, 5.41) is 1.22. The van der Waals surface area contributed by atoms with Crippen molar-refractivity contribution in [2.24, 2.45) is 0 Å². The molecule has 0 bridgehead atoms. The van der Waals surface area contributed by atoms with Crippen molar-refractivity contribution < 1.29 is 13.0 Å². The Morgan fingerprint density at radius 2 is 2.08 bits per heavy atom. The standard InChI is InChI=1S/C8H7ClO3S/c9-8-3-1-2-7(6-8)4-5-13(10,11)12/h1-6H,(H,10,11,12). The minimum Gasteiger partial charge on any atom is -0.282 e. The molecule has 5 heteroatoms. The van der Waals surface area contributed by atoms with Gasteiger partial charge in [0.2, 0.25) is 0 Å². The predicted molar refractivity (Wildman–Crippen MR) is 52.0 cm³/mol. The Labute approximate surface area is 81.4 Å². The zero-order valence-electron chi connectivity index (χ0n) is 6.51. The lowest BCUT2D eigenvalue weighted by Gasteiger charge is -1.92. The lowest BCUT2D eigenvalue weighted by atomic mass is 10.2. The second-order valence-corrected chi connectivity index (χ2v) is 4.11. The van der Waals surface area contributed by atoms with Crippen molar-refractivity contribution in [2.75, 3.05) is 0 Å². The zero-order valence-corrected chi connectivity index (χ0v) is 8.09. The SMILES string of the molecule is O=S(=O)(O)C=Cc1cccc(Cl)c1. The van der Waals surface area contributed by atoms with Gasteiger partial charge in [-0.1, -0.05) is 23.7 Å². The number of rotatable bonds is 2. The molecule has 3 nitrogen and oxygen atoms in total. The van der Waals surface area contributed by atoms with Gasteiger partial charge in [0.15, 0.2) is 0 Å². The minimum absolute atomic E-state index is 0.512. The van der Waals surface area contributed by atoms with Crippen molar-refractivity contribution in [3.05, 3.63) is 40.3 Å². The van der Waals surface area contributed by atoms with Crippen molar-refractivity contribution in [1.82, 2.24) is 0 Å². The van der Waals surface area contributed by atoms with E-state index >= 15 is 0 Å². The van der Waals surface area contributed by atoms with E-state index in [4.69, 9.17) is 16.2 Å². The second kappa shape index (κ2) is 3.91. The highest BCUT2D eigenvalue weighted by atomic mass is 35.5. The Balaban J connectivity index is 2.93. The van der Waals surface area contributed by atoms with Gasteiger partial charge in [0, 0.05) is 5.02 Å². The molecule has 0 atom stereocenters. The van der Waals surface area contributed by atoms with Gasteiger partial charge in [-0.3, -0.25) is 4.55 Å². The summed E-state index contributed by atoms with van der Waals surface area (Å²) in [6.07, 6.45) is 1.27. The van der Waals surface area contributed by atoms with E-state index in [0.29, 0.717) is 16.0 Å². The van der Waals surface area contributed by atoms with E-state index in [1.165, 1.54) is 6.08 Å². The molecule has 70 valence electrons. The van der Waals surface area contributed by atoms with Gasteiger partial charge in [0.1, 0.15) is 0 Å². The van der Waals surface area contributed by atoms with Gasteiger partial charge in [0.25, 0.3) is 10.1 Å². The van der Waals surface area contributed by atoms with Crippen molar-refractivity contribution in [1.29, 1.82) is 0 Å². The maximum Gasteiger partial charge on any atom is 0.287 e. The van der Waals surface area contributed by atoms with Gasteiger partial charge in [-0.05, 0) is 23.8 Å². The fourth-order valence-corrected chi connectivity index (χ4v) is 1.30. The van der Waals surface area contributed by atoms with E-state index in [-0.39, 0.29) is 0 Å². The van der Waals surface area contributed by atoms with E-state index in [2.05, 4.69) is 0 Å². The first-order valence-electron chi connectivity index (χ1n) is 3.38. The van der Waals surface area contributed by atoms with Crippen LogP contribution in [0.3, 0.4) is 0 Å². The molecule has 0 aliphatic carbocycles. The largest absolute Gasteiger partial charge is 0.287 e. The summed E-state index contributed by atoms with van der Waals surface area (Å²) < 4.78 is 29.1. The summed E-state index contributed by atoms with van der Waals surface area (Å²) in [7, 11) is -4.06. The average molecular weight is 219 g/mol. The molecule has 0 aromatic heterocycles. The minimum atomic E-state index is -4.06. The maximum absolute atomic E-state index is 10.3. The van der Waals surface area contributed by atoms with Crippen LogP contribution in [0.5, 0.6) is 0 Å². The average Bonchev–Trinajstić information content (AvgIpc) is 2.00. The zero-order chi connectivity index (χ0) is 9.90. The van der Waals surface area contributed by atoms with Crippen molar-refractivity contribution in [3.63, 3.8) is 0 Å². The molecule has 1 rings (SSSR count). The highest BCUT2D eigenvalue weighted by molar-refractivity contribution is 7.88. The maximum atomic E-state index is 10.3. The van der Waals surface area contributed by atoms with Crippen LogP contribution in [0.25, 0.3) is 6.08 Å². The third-order valence-electron chi connectivity index (χ3n) is 1.28. The quantitative estimate of drug-likeness (QED) is 0.775. The van der Waals surface area contributed by atoms with Crippen LogP contribution in [-0.4, -0.2) is 13.0 Å². The Morgan fingerprint density at radius 1 is 1.38 bits per heavy atom. The van der Waals surface area contributed by atoms with Crippen molar-refractivity contribution >= 4 is 27.8 Å². The first-order chi connectivity index (χ1) is 5.97. The molecule has 0 saturated heterocycles. The second-order valence-electron chi connectivity index (χ2n) is 2.37. The molecule has 0 heterocycles. The van der Waals surface area contributed by atoms with Gasteiger partial charge >= 0.3 is 0 Å². The first-order valence-corrected chi connectivity index (χ1v) is 5.27. The first kappa shape index (κ1) is 10.2. The van der Waals surface area contributed by atoms with Gasteiger partial charge in [-0.2, -0.15) is 8.42 Å². The van der Waals surface area contributed by atoms with Crippen LogP contribution in [-0.2, 0) is 10.1 Å². The van der Waals surface area contributed by atoms with Gasteiger partial charge < -0.3 is 0 Å². The lowest BCUT2D eigenvalue weighted by Crippen LogP contribution is -1.88. The van der Waals surface area contributed by atoms with E-state index < -0.39 is 10.1 Å². The highest BCUT2D eigenvalue weighted by Gasteiger charge is 1.95. The van der Waals surface area contributed by atoms with E-state index in [1.54, 1.807) is 24.3 Å². The van der Waals surface area contributed by atoms with E-state index in [1.807, 2.05) is 0 Å². The molecule has 0 saturated carbocycles. The third kappa shape index (κ3) is 4.07. The Morgan fingerprint density at radius 3 is 2.62 bits per heavy atom. The molecule has 0 radical (unpaired) electrons. The number of hydrogen-bond donors (Lipinski definition) is 1. The molecule has 0 unspecified atom stereocenters. The number of hydrogen-bond acceptors (Lipinski definition) is 2. The van der Waals surface area contributed by atoms with Crippen LogP contribution in [0, 0.1) is 0 Å². The molecule has 1 N–H and O–H groups in total. The number of benzene rings is 1. The molecule has 0 spiro atoms. The summed E-state index contributed by atoms with van der Waals surface area (Å²) in [4.78, 5) is 0. The Hall–Kier alpha value is -0.840.